The monoisotopic (exact) mass is 398 g/mol. The molecule has 3 rings (SSSR count). The van der Waals surface area contributed by atoms with Crippen LogP contribution in [0, 0.1) is 20.8 Å². The van der Waals surface area contributed by atoms with Gasteiger partial charge in [0.1, 0.15) is 11.6 Å². The second kappa shape index (κ2) is 8.84. The summed E-state index contributed by atoms with van der Waals surface area (Å²) in [5.41, 5.74) is 2.76. The molecule has 0 bridgehead atoms. The highest BCUT2D eigenvalue weighted by Crippen LogP contribution is 2.15. The van der Waals surface area contributed by atoms with Crippen molar-refractivity contribution in [3.05, 3.63) is 64.2 Å². The third-order valence-electron chi connectivity index (χ3n) is 4.11. The van der Waals surface area contributed by atoms with Crippen LogP contribution in [0.3, 0.4) is 0 Å². The minimum atomic E-state index is -0.0721. The van der Waals surface area contributed by atoms with Crippen LogP contribution in [-0.2, 0) is 11.2 Å². The predicted molar refractivity (Wildman–Crippen MR) is 110 cm³/mol. The Hall–Kier alpha value is -2.93. The fraction of sp³-hybridized carbons (Fsp3) is 0.300. The van der Waals surface area contributed by atoms with Crippen LogP contribution in [-0.4, -0.2) is 38.7 Å². The number of carbonyl (C=O) groups excluding carboxylic acids is 1. The van der Waals surface area contributed by atoms with E-state index in [2.05, 4.69) is 25.7 Å². The maximum absolute atomic E-state index is 12.1. The second-order valence-electron chi connectivity index (χ2n) is 6.54. The first kappa shape index (κ1) is 19.8. The number of anilines is 1. The predicted octanol–water partition coefficient (Wildman–Crippen LogP) is 3.01. The lowest BCUT2D eigenvalue weighted by atomic mass is 10.1. The highest BCUT2D eigenvalue weighted by molar-refractivity contribution is 6.31. The van der Waals surface area contributed by atoms with E-state index >= 15 is 0 Å². The lowest BCUT2D eigenvalue weighted by molar-refractivity contribution is -0.120. The molecule has 0 aliphatic carbocycles. The van der Waals surface area contributed by atoms with Gasteiger partial charge in [-0.15, -0.1) is 0 Å². The van der Waals surface area contributed by atoms with Crippen LogP contribution >= 0.6 is 11.6 Å². The molecule has 0 saturated heterocycles. The zero-order chi connectivity index (χ0) is 20.1. The largest absolute Gasteiger partial charge is 0.368 e. The Bertz CT molecular complexity index is 985. The van der Waals surface area contributed by atoms with Crippen molar-refractivity contribution in [3.63, 3.8) is 0 Å². The van der Waals surface area contributed by atoms with E-state index < -0.39 is 0 Å². The van der Waals surface area contributed by atoms with Gasteiger partial charge < -0.3 is 10.6 Å². The summed E-state index contributed by atoms with van der Waals surface area (Å²) >= 11 is 6.09. The summed E-state index contributed by atoms with van der Waals surface area (Å²) in [4.78, 5) is 20.9. The van der Waals surface area contributed by atoms with Gasteiger partial charge in [-0.1, -0.05) is 29.8 Å². The first-order valence-electron chi connectivity index (χ1n) is 9.05. The number of nitrogens with zero attached hydrogens (tertiary/aromatic N) is 4. The lowest BCUT2D eigenvalue weighted by Crippen LogP contribution is -2.30. The fourth-order valence-electron chi connectivity index (χ4n) is 2.88. The minimum Gasteiger partial charge on any atom is -0.368 e. The van der Waals surface area contributed by atoms with E-state index in [0.29, 0.717) is 35.6 Å². The van der Waals surface area contributed by atoms with Crippen LogP contribution < -0.4 is 10.6 Å². The van der Waals surface area contributed by atoms with Crippen molar-refractivity contribution in [1.29, 1.82) is 0 Å². The summed E-state index contributed by atoms with van der Waals surface area (Å²) in [6, 6.07) is 11.2. The molecule has 2 N–H and O–H groups in total. The number of hydrogen-bond acceptors (Lipinski definition) is 5. The maximum Gasteiger partial charge on any atom is 0.224 e. The molecule has 0 aliphatic rings. The Balaban J connectivity index is 1.54. The van der Waals surface area contributed by atoms with E-state index in [-0.39, 0.29) is 12.3 Å². The quantitative estimate of drug-likeness (QED) is 0.597. The molecule has 0 radical (unpaired) electrons. The highest BCUT2D eigenvalue weighted by Gasteiger charge is 2.09. The standard InChI is InChI=1S/C20H23ClN6O/c1-13-10-14(2)27(26-13)19-12-18(24-15(3)25-19)22-8-9-23-20(28)11-16-6-4-5-7-17(16)21/h4-7,10,12H,8-9,11H2,1-3H3,(H,23,28)(H,22,24,25). The number of rotatable bonds is 7. The zero-order valence-electron chi connectivity index (χ0n) is 16.2. The lowest BCUT2D eigenvalue weighted by Gasteiger charge is -2.10. The van der Waals surface area contributed by atoms with Crippen LogP contribution in [0.5, 0.6) is 0 Å². The topological polar surface area (TPSA) is 84.7 Å². The summed E-state index contributed by atoms with van der Waals surface area (Å²) in [6.45, 7) is 6.79. The normalized spacial score (nSPS) is 10.7. The van der Waals surface area contributed by atoms with Crippen molar-refractivity contribution in [2.24, 2.45) is 0 Å². The van der Waals surface area contributed by atoms with Crippen molar-refractivity contribution < 1.29 is 4.79 Å². The summed E-state index contributed by atoms with van der Waals surface area (Å²) in [7, 11) is 0. The van der Waals surface area contributed by atoms with Gasteiger partial charge in [-0.25, -0.2) is 14.6 Å². The first-order chi connectivity index (χ1) is 13.4. The van der Waals surface area contributed by atoms with E-state index in [9.17, 15) is 4.79 Å². The van der Waals surface area contributed by atoms with Crippen molar-refractivity contribution in [1.82, 2.24) is 25.1 Å². The maximum atomic E-state index is 12.1. The number of carbonyl (C=O) groups is 1. The van der Waals surface area contributed by atoms with Crippen LogP contribution in [0.2, 0.25) is 5.02 Å². The van der Waals surface area contributed by atoms with Gasteiger partial charge in [-0.05, 0) is 38.5 Å². The van der Waals surface area contributed by atoms with E-state index in [1.807, 2.05) is 51.1 Å². The van der Waals surface area contributed by atoms with Gasteiger partial charge in [0.15, 0.2) is 5.82 Å². The van der Waals surface area contributed by atoms with Crippen molar-refractivity contribution in [2.75, 3.05) is 18.4 Å². The highest BCUT2D eigenvalue weighted by atomic mass is 35.5. The summed E-state index contributed by atoms with van der Waals surface area (Å²) in [5.74, 6) is 1.98. The molecule has 0 saturated carbocycles. The molecular weight excluding hydrogens is 376 g/mol. The average Bonchev–Trinajstić information content (AvgIpc) is 2.98. The van der Waals surface area contributed by atoms with Crippen LogP contribution in [0.15, 0.2) is 36.4 Å². The zero-order valence-corrected chi connectivity index (χ0v) is 16.9. The number of halogens is 1. The van der Waals surface area contributed by atoms with E-state index in [4.69, 9.17) is 11.6 Å². The summed E-state index contributed by atoms with van der Waals surface area (Å²) in [6.07, 6.45) is 0.258. The Kier molecular flexibility index (Phi) is 6.26. The Labute approximate surface area is 169 Å². The molecule has 0 unspecified atom stereocenters. The molecule has 2 aromatic heterocycles. The molecule has 1 amide bonds. The molecule has 28 heavy (non-hydrogen) atoms. The first-order valence-corrected chi connectivity index (χ1v) is 9.43. The Morgan fingerprint density at radius 2 is 1.89 bits per heavy atom. The van der Waals surface area contributed by atoms with Gasteiger partial charge in [0.25, 0.3) is 0 Å². The van der Waals surface area contributed by atoms with E-state index in [1.165, 1.54) is 0 Å². The molecule has 146 valence electrons. The number of hydrogen-bond donors (Lipinski definition) is 2. The minimum absolute atomic E-state index is 0.0721. The fourth-order valence-corrected chi connectivity index (χ4v) is 3.08. The van der Waals surface area contributed by atoms with Crippen LogP contribution in [0.4, 0.5) is 5.82 Å². The molecule has 0 spiro atoms. The molecule has 8 heteroatoms. The van der Waals surface area contributed by atoms with Gasteiger partial charge in [-0.2, -0.15) is 5.10 Å². The summed E-state index contributed by atoms with van der Waals surface area (Å²) < 4.78 is 1.79. The van der Waals surface area contributed by atoms with Crippen LogP contribution in [0.25, 0.3) is 5.82 Å². The smallest absolute Gasteiger partial charge is 0.224 e. The molecule has 3 aromatic rings. The van der Waals surface area contributed by atoms with Gasteiger partial charge >= 0.3 is 0 Å². The SMILES string of the molecule is Cc1cc(C)n(-c2cc(NCCNC(=O)Cc3ccccc3Cl)nc(C)n2)n1. The Morgan fingerprint density at radius 1 is 1.11 bits per heavy atom. The molecule has 0 atom stereocenters. The third-order valence-corrected chi connectivity index (χ3v) is 4.48. The molecule has 2 heterocycles. The third kappa shape index (κ3) is 5.07. The van der Waals surface area contributed by atoms with Crippen molar-refractivity contribution in [2.45, 2.75) is 27.2 Å². The van der Waals surface area contributed by atoms with Gasteiger partial charge in [0.05, 0.1) is 12.1 Å². The molecule has 1 aromatic carbocycles. The number of nitrogens with one attached hydrogen (secondary N) is 2. The number of amides is 1. The Morgan fingerprint density at radius 3 is 2.61 bits per heavy atom. The number of aromatic nitrogens is 4. The van der Waals surface area contributed by atoms with E-state index in [0.717, 1.165) is 17.0 Å². The summed E-state index contributed by atoms with van der Waals surface area (Å²) in [5, 5.41) is 11.2. The van der Waals surface area contributed by atoms with Gasteiger partial charge in [0, 0.05) is 29.9 Å². The van der Waals surface area contributed by atoms with Crippen molar-refractivity contribution >= 4 is 23.3 Å². The molecule has 0 fully saturated rings. The molecule has 7 nitrogen and oxygen atoms in total. The number of aryl methyl sites for hydroxylation is 3. The average molecular weight is 399 g/mol. The van der Waals surface area contributed by atoms with Crippen LogP contribution in [0.1, 0.15) is 22.8 Å². The van der Waals surface area contributed by atoms with Gasteiger partial charge in [0.2, 0.25) is 5.91 Å². The van der Waals surface area contributed by atoms with E-state index in [1.54, 1.807) is 10.7 Å². The van der Waals surface area contributed by atoms with Gasteiger partial charge in [-0.3, -0.25) is 4.79 Å². The van der Waals surface area contributed by atoms with Crippen molar-refractivity contribution in [3.8, 4) is 5.82 Å². The molecular formula is C20H23ClN6O. The number of benzene rings is 1. The second-order valence-corrected chi connectivity index (χ2v) is 6.95. The molecule has 0 aliphatic heterocycles.